The summed E-state index contributed by atoms with van der Waals surface area (Å²) in [6.07, 6.45) is 0. The lowest BCUT2D eigenvalue weighted by Crippen LogP contribution is -2.44. The Morgan fingerprint density at radius 2 is 1.93 bits per heavy atom. The van der Waals surface area contributed by atoms with Gasteiger partial charge in [-0.05, 0) is 10.8 Å². The van der Waals surface area contributed by atoms with E-state index in [9.17, 15) is 0 Å². The normalized spacial score (nSPS) is 17.6. The topological polar surface area (TPSA) is 36.4 Å². The Hall–Kier alpha value is -0.730. The summed E-state index contributed by atoms with van der Waals surface area (Å²) < 4.78 is 0. The van der Waals surface area contributed by atoms with Crippen molar-refractivity contribution in [2.45, 2.75) is 34.6 Å². The molecule has 1 heterocycles. The van der Waals surface area contributed by atoms with Crippen LogP contribution in [0.3, 0.4) is 0 Å². The molecule has 0 aliphatic carbocycles. The van der Waals surface area contributed by atoms with E-state index in [4.69, 9.17) is 0 Å². The van der Waals surface area contributed by atoms with Crippen LogP contribution in [0.4, 0.5) is 0 Å². The first-order valence-electron chi connectivity index (χ1n) is 5.35. The van der Waals surface area contributed by atoms with Crippen LogP contribution in [0.1, 0.15) is 34.6 Å². The van der Waals surface area contributed by atoms with Gasteiger partial charge in [-0.15, -0.1) is 0 Å². The third kappa shape index (κ3) is 2.63. The minimum Gasteiger partial charge on any atom is -0.356 e. The summed E-state index contributed by atoms with van der Waals surface area (Å²) in [7, 11) is 0. The van der Waals surface area contributed by atoms with Crippen molar-refractivity contribution in [1.29, 1.82) is 0 Å². The summed E-state index contributed by atoms with van der Waals surface area (Å²) >= 11 is 0. The van der Waals surface area contributed by atoms with E-state index in [-0.39, 0.29) is 5.41 Å². The maximum absolute atomic E-state index is 4.32. The third-order valence-electron chi connectivity index (χ3n) is 3.40. The van der Waals surface area contributed by atoms with Crippen molar-refractivity contribution >= 4 is 5.96 Å². The Kier molecular flexibility index (Phi) is 3.07. The van der Waals surface area contributed by atoms with Gasteiger partial charge in [0.15, 0.2) is 5.96 Å². The molecular weight excluding hydrogens is 174 g/mol. The number of aliphatic imine (C=N–C) groups is 1. The Bertz CT molecular complexity index is 223. The van der Waals surface area contributed by atoms with Crippen LogP contribution < -0.4 is 10.6 Å². The zero-order valence-corrected chi connectivity index (χ0v) is 10.1. The Labute approximate surface area is 87.4 Å². The van der Waals surface area contributed by atoms with Crippen molar-refractivity contribution in [3.05, 3.63) is 0 Å². The second-order valence-electron chi connectivity index (χ2n) is 5.64. The highest BCUT2D eigenvalue weighted by Gasteiger charge is 2.32. The smallest absolute Gasteiger partial charge is 0.191 e. The van der Waals surface area contributed by atoms with Gasteiger partial charge < -0.3 is 10.6 Å². The maximum Gasteiger partial charge on any atom is 0.191 e. The molecule has 0 radical (unpaired) electrons. The summed E-state index contributed by atoms with van der Waals surface area (Å²) in [6.45, 7) is 14.2. The molecule has 0 aromatic heterocycles. The summed E-state index contributed by atoms with van der Waals surface area (Å²) in [5.41, 5.74) is 0.568. The van der Waals surface area contributed by atoms with E-state index in [1.54, 1.807) is 0 Å². The zero-order valence-electron chi connectivity index (χ0n) is 10.1. The molecule has 0 aromatic rings. The van der Waals surface area contributed by atoms with Gasteiger partial charge in [-0.3, -0.25) is 4.99 Å². The molecule has 0 aromatic carbocycles. The zero-order chi connectivity index (χ0) is 10.8. The quantitative estimate of drug-likeness (QED) is 0.705. The van der Waals surface area contributed by atoms with Crippen molar-refractivity contribution in [3.8, 4) is 0 Å². The number of rotatable bonds is 2. The molecule has 0 spiro atoms. The van der Waals surface area contributed by atoms with Crippen LogP contribution in [0, 0.1) is 10.8 Å². The number of guanidine groups is 1. The highest BCUT2D eigenvalue weighted by atomic mass is 15.2. The molecule has 82 valence electrons. The van der Waals surface area contributed by atoms with Crippen molar-refractivity contribution in [1.82, 2.24) is 10.6 Å². The Morgan fingerprint density at radius 1 is 1.29 bits per heavy atom. The molecule has 1 rings (SSSR count). The van der Waals surface area contributed by atoms with E-state index in [1.165, 1.54) is 0 Å². The molecule has 14 heavy (non-hydrogen) atoms. The standard InChI is InChI=1S/C11H23N3/c1-10(2,3)11(4,5)8-14-9-12-6-7-13-9/h6-8H2,1-5H3,(H2,12,13,14). The Morgan fingerprint density at radius 3 is 2.36 bits per heavy atom. The summed E-state index contributed by atoms with van der Waals surface area (Å²) in [5, 5.41) is 6.59. The van der Waals surface area contributed by atoms with Gasteiger partial charge in [-0.25, -0.2) is 0 Å². The minimum atomic E-state index is 0.264. The molecule has 0 saturated carbocycles. The largest absolute Gasteiger partial charge is 0.356 e. The third-order valence-corrected chi connectivity index (χ3v) is 3.40. The average Bonchev–Trinajstić information content (AvgIpc) is 2.50. The fraction of sp³-hybridized carbons (Fsp3) is 0.909. The van der Waals surface area contributed by atoms with Gasteiger partial charge in [0, 0.05) is 13.1 Å². The molecule has 0 amide bonds. The van der Waals surface area contributed by atoms with Gasteiger partial charge in [0.1, 0.15) is 0 Å². The molecule has 1 aliphatic heterocycles. The highest BCUT2D eigenvalue weighted by molar-refractivity contribution is 5.81. The van der Waals surface area contributed by atoms with E-state index in [0.29, 0.717) is 5.41 Å². The first-order chi connectivity index (χ1) is 6.33. The van der Waals surface area contributed by atoms with Gasteiger partial charge in [-0.2, -0.15) is 0 Å². The van der Waals surface area contributed by atoms with Crippen LogP contribution in [0.5, 0.6) is 0 Å². The van der Waals surface area contributed by atoms with Gasteiger partial charge in [0.2, 0.25) is 0 Å². The van der Waals surface area contributed by atoms with Crippen LogP contribution in [-0.4, -0.2) is 25.6 Å². The van der Waals surface area contributed by atoms with E-state index in [1.807, 2.05) is 0 Å². The second kappa shape index (κ2) is 3.79. The van der Waals surface area contributed by atoms with Crippen molar-refractivity contribution in [2.24, 2.45) is 15.8 Å². The second-order valence-corrected chi connectivity index (χ2v) is 5.64. The van der Waals surface area contributed by atoms with Gasteiger partial charge >= 0.3 is 0 Å². The van der Waals surface area contributed by atoms with Crippen molar-refractivity contribution in [3.63, 3.8) is 0 Å². The van der Waals surface area contributed by atoms with Crippen molar-refractivity contribution < 1.29 is 0 Å². The highest BCUT2D eigenvalue weighted by Crippen LogP contribution is 2.36. The van der Waals surface area contributed by atoms with Gasteiger partial charge in [0.05, 0.1) is 6.54 Å². The lowest BCUT2D eigenvalue weighted by atomic mass is 9.69. The fourth-order valence-corrected chi connectivity index (χ4v) is 1.09. The maximum atomic E-state index is 4.32. The van der Waals surface area contributed by atoms with Crippen LogP contribution in [0.15, 0.2) is 4.99 Å². The monoisotopic (exact) mass is 197 g/mol. The molecule has 0 unspecified atom stereocenters. The molecule has 0 fully saturated rings. The van der Waals surface area contributed by atoms with Crippen LogP contribution in [-0.2, 0) is 0 Å². The summed E-state index contributed by atoms with van der Waals surface area (Å²) in [6, 6.07) is 0. The van der Waals surface area contributed by atoms with Gasteiger partial charge in [0.25, 0.3) is 0 Å². The lowest BCUT2D eigenvalue weighted by Gasteiger charge is -2.39. The SMILES string of the molecule is CC(C)(C)C(C)(C)CNC1=NCCN1. The predicted octanol–water partition coefficient (Wildman–Crippen LogP) is 1.61. The molecule has 0 atom stereocenters. The minimum absolute atomic E-state index is 0.264. The number of nitrogens with one attached hydrogen (secondary N) is 2. The van der Waals surface area contributed by atoms with E-state index in [0.717, 1.165) is 25.6 Å². The molecule has 3 nitrogen and oxygen atoms in total. The Balaban J connectivity index is 2.43. The molecule has 1 aliphatic rings. The summed E-state index contributed by atoms with van der Waals surface area (Å²) in [4.78, 5) is 4.32. The van der Waals surface area contributed by atoms with Crippen LogP contribution >= 0.6 is 0 Å². The number of hydrogen-bond donors (Lipinski definition) is 2. The fourth-order valence-electron chi connectivity index (χ4n) is 1.09. The molecular formula is C11H23N3. The molecule has 0 bridgehead atoms. The van der Waals surface area contributed by atoms with E-state index >= 15 is 0 Å². The van der Waals surface area contributed by atoms with E-state index < -0.39 is 0 Å². The summed E-state index contributed by atoms with van der Waals surface area (Å²) in [5.74, 6) is 0.960. The van der Waals surface area contributed by atoms with Crippen LogP contribution in [0.2, 0.25) is 0 Å². The molecule has 3 heteroatoms. The van der Waals surface area contributed by atoms with Crippen molar-refractivity contribution in [2.75, 3.05) is 19.6 Å². The predicted molar refractivity (Wildman–Crippen MR) is 61.5 cm³/mol. The van der Waals surface area contributed by atoms with E-state index in [2.05, 4.69) is 50.2 Å². The first-order valence-corrected chi connectivity index (χ1v) is 5.35. The molecule has 0 saturated heterocycles. The number of hydrogen-bond acceptors (Lipinski definition) is 3. The van der Waals surface area contributed by atoms with Crippen LogP contribution in [0.25, 0.3) is 0 Å². The van der Waals surface area contributed by atoms with Gasteiger partial charge in [-0.1, -0.05) is 34.6 Å². The average molecular weight is 197 g/mol. The molecule has 2 N–H and O–H groups in total. The number of nitrogens with zero attached hydrogens (tertiary/aromatic N) is 1. The first kappa shape index (κ1) is 11.3. The lowest BCUT2D eigenvalue weighted by molar-refractivity contribution is 0.136.